The summed E-state index contributed by atoms with van der Waals surface area (Å²) >= 11 is 0. The van der Waals surface area contributed by atoms with E-state index in [4.69, 9.17) is 13.9 Å². The minimum atomic E-state index is -0.0412. The van der Waals surface area contributed by atoms with Gasteiger partial charge in [-0.25, -0.2) is 0 Å². The lowest BCUT2D eigenvalue weighted by Crippen LogP contribution is -2.49. The normalized spacial score (nSPS) is 19.2. The largest absolute Gasteiger partial charge is 0.484 e. The van der Waals surface area contributed by atoms with Gasteiger partial charge in [0.15, 0.2) is 6.61 Å². The fraction of sp³-hybridized carbons (Fsp3) is 0.318. The summed E-state index contributed by atoms with van der Waals surface area (Å²) < 4.78 is 17.1. The fourth-order valence-electron chi connectivity index (χ4n) is 3.35. The standard InChI is InChI=1S/C22H23N3O4/c1-15-12-25(13-16(2)28-15)20(26)14-27-19-10-8-18(9-11-19)22-24-23-21(29-22)17-6-4-3-5-7-17/h3-11,15-16H,12-14H2,1-2H3. The van der Waals surface area contributed by atoms with Crippen LogP contribution in [0.2, 0.25) is 0 Å². The lowest BCUT2D eigenvalue weighted by molar-refractivity contribution is -0.145. The van der Waals surface area contributed by atoms with Gasteiger partial charge >= 0.3 is 0 Å². The second kappa shape index (κ2) is 8.45. The van der Waals surface area contributed by atoms with Crippen molar-refractivity contribution in [3.63, 3.8) is 0 Å². The summed E-state index contributed by atoms with van der Waals surface area (Å²) in [5, 5.41) is 8.21. The van der Waals surface area contributed by atoms with Gasteiger partial charge in [0, 0.05) is 24.2 Å². The van der Waals surface area contributed by atoms with E-state index in [9.17, 15) is 4.79 Å². The number of rotatable bonds is 5. The number of ether oxygens (including phenoxy) is 2. The molecule has 1 aromatic heterocycles. The van der Waals surface area contributed by atoms with Gasteiger partial charge in [0.05, 0.1) is 12.2 Å². The highest BCUT2D eigenvalue weighted by Gasteiger charge is 2.26. The SMILES string of the molecule is CC1CN(C(=O)COc2ccc(-c3nnc(-c4ccccc4)o3)cc2)CC(C)O1. The maximum atomic E-state index is 12.4. The molecule has 2 atom stereocenters. The molecule has 2 unspecified atom stereocenters. The molecule has 3 aromatic rings. The van der Waals surface area contributed by atoms with Crippen molar-refractivity contribution in [3.8, 4) is 28.7 Å². The van der Waals surface area contributed by atoms with Crippen molar-refractivity contribution in [1.29, 1.82) is 0 Å². The fourth-order valence-corrected chi connectivity index (χ4v) is 3.35. The average molecular weight is 393 g/mol. The molecule has 7 nitrogen and oxygen atoms in total. The highest BCUT2D eigenvalue weighted by Crippen LogP contribution is 2.25. The summed E-state index contributed by atoms with van der Waals surface area (Å²) in [6.07, 6.45) is 0.0781. The number of hydrogen-bond donors (Lipinski definition) is 0. The number of carbonyl (C=O) groups is 1. The molecule has 1 fully saturated rings. The molecule has 0 aliphatic carbocycles. The molecule has 4 rings (SSSR count). The Morgan fingerprint density at radius 3 is 2.17 bits per heavy atom. The van der Waals surface area contributed by atoms with Gasteiger partial charge in [-0.05, 0) is 50.2 Å². The van der Waals surface area contributed by atoms with E-state index >= 15 is 0 Å². The zero-order valence-corrected chi connectivity index (χ0v) is 16.4. The van der Waals surface area contributed by atoms with Crippen molar-refractivity contribution in [1.82, 2.24) is 15.1 Å². The summed E-state index contributed by atoms with van der Waals surface area (Å²) in [6, 6.07) is 16.9. The zero-order valence-electron chi connectivity index (χ0n) is 16.4. The van der Waals surface area contributed by atoms with E-state index < -0.39 is 0 Å². The highest BCUT2D eigenvalue weighted by molar-refractivity contribution is 5.78. The molecule has 0 saturated carbocycles. The molecule has 150 valence electrons. The molecule has 1 saturated heterocycles. The third kappa shape index (κ3) is 4.63. The molecular weight excluding hydrogens is 370 g/mol. The van der Waals surface area contributed by atoms with Gasteiger partial charge in [0.25, 0.3) is 5.91 Å². The van der Waals surface area contributed by atoms with Crippen LogP contribution in [-0.2, 0) is 9.53 Å². The minimum absolute atomic E-state index is 0.00248. The predicted molar refractivity (Wildman–Crippen MR) is 107 cm³/mol. The average Bonchev–Trinajstić information content (AvgIpc) is 3.22. The first-order valence-corrected chi connectivity index (χ1v) is 9.64. The maximum Gasteiger partial charge on any atom is 0.260 e. The summed E-state index contributed by atoms with van der Waals surface area (Å²) in [4.78, 5) is 14.2. The van der Waals surface area contributed by atoms with Crippen LogP contribution in [0, 0.1) is 0 Å². The summed E-state index contributed by atoms with van der Waals surface area (Å²) in [6.45, 7) is 5.11. The van der Waals surface area contributed by atoms with E-state index in [0.29, 0.717) is 30.6 Å². The van der Waals surface area contributed by atoms with Gasteiger partial charge in [-0.1, -0.05) is 18.2 Å². The monoisotopic (exact) mass is 393 g/mol. The van der Waals surface area contributed by atoms with Crippen molar-refractivity contribution in [2.24, 2.45) is 0 Å². The summed E-state index contributed by atoms with van der Waals surface area (Å²) in [7, 11) is 0. The first-order valence-electron chi connectivity index (χ1n) is 9.64. The Hall–Kier alpha value is -3.19. The molecule has 0 bridgehead atoms. The van der Waals surface area contributed by atoms with Crippen LogP contribution in [0.25, 0.3) is 22.9 Å². The molecular formula is C22H23N3O4. The molecule has 1 aliphatic rings. The van der Waals surface area contributed by atoms with E-state index in [1.807, 2.05) is 56.3 Å². The second-order valence-electron chi connectivity index (χ2n) is 7.15. The number of benzene rings is 2. The molecule has 29 heavy (non-hydrogen) atoms. The Kier molecular flexibility index (Phi) is 5.57. The molecule has 1 aliphatic heterocycles. The number of morpholine rings is 1. The number of aromatic nitrogens is 2. The van der Waals surface area contributed by atoms with Crippen molar-refractivity contribution in [2.45, 2.75) is 26.1 Å². The van der Waals surface area contributed by atoms with E-state index in [2.05, 4.69) is 10.2 Å². The minimum Gasteiger partial charge on any atom is -0.484 e. The Bertz CT molecular complexity index is 946. The number of hydrogen-bond acceptors (Lipinski definition) is 6. The number of carbonyl (C=O) groups excluding carboxylic acids is 1. The van der Waals surface area contributed by atoms with Crippen LogP contribution in [-0.4, -0.2) is 52.9 Å². The van der Waals surface area contributed by atoms with Crippen LogP contribution in [0.5, 0.6) is 5.75 Å². The van der Waals surface area contributed by atoms with Gasteiger partial charge in [-0.3, -0.25) is 4.79 Å². The Morgan fingerprint density at radius 1 is 0.966 bits per heavy atom. The molecule has 2 aromatic carbocycles. The van der Waals surface area contributed by atoms with Gasteiger partial charge in [-0.2, -0.15) is 0 Å². The highest BCUT2D eigenvalue weighted by atomic mass is 16.5. The van der Waals surface area contributed by atoms with E-state index in [1.165, 1.54) is 0 Å². The van der Waals surface area contributed by atoms with Crippen LogP contribution in [0.1, 0.15) is 13.8 Å². The Balaban J connectivity index is 1.36. The van der Waals surface area contributed by atoms with Crippen LogP contribution in [0.3, 0.4) is 0 Å². The molecule has 0 spiro atoms. The topological polar surface area (TPSA) is 77.7 Å². The quantitative estimate of drug-likeness (QED) is 0.661. The van der Waals surface area contributed by atoms with Crippen molar-refractivity contribution >= 4 is 5.91 Å². The van der Waals surface area contributed by atoms with E-state index in [1.54, 1.807) is 17.0 Å². The molecule has 7 heteroatoms. The van der Waals surface area contributed by atoms with E-state index in [-0.39, 0.29) is 24.7 Å². The maximum absolute atomic E-state index is 12.4. The third-order valence-corrected chi connectivity index (χ3v) is 4.68. The third-order valence-electron chi connectivity index (χ3n) is 4.68. The van der Waals surface area contributed by atoms with Gasteiger partial charge in [0.2, 0.25) is 11.8 Å². The Morgan fingerprint density at radius 2 is 1.55 bits per heavy atom. The molecule has 1 amide bonds. The lowest BCUT2D eigenvalue weighted by Gasteiger charge is -2.35. The van der Waals surface area contributed by atoms with Gasteiger partial charge in [0.1, 0.15) is 5.75 Å². The zero-order chi connectivity index (χ0) is 20.2. The first-order chi connectivity index (χ1) is 14.1. The molecule has 0 N–H and O–H groups in total. The summed E-state index contributed by atoms with van der Waals surface area (Å²) in [5.74, 6) is 1.47. The summed E-state index contributed by atoms with van der Waals surface area (Å²) in [5.41, 5.74) is 1.66. The van der Waals surface area contributed by atoms with Crippen molar-refractivity contribution < 1.29 is 18.7 Å². The van der Waals surface area contributed by atoms with Crippen LogP contribution in [0.4, 0.5) is 0 Å². The number of nitrogens with zero attached hydrogens (tertiary/aromatic N) is 3. The second-order valence-corrected chi connectivity index (χ2v) is 7.15. The predicted octanol–water partition coefficient (Wildman–Crippen LogP) is 3.42. The van der Waals surface area contributed by atoms with Crippen LogP contribution >= 0.6 is 0 Å². The van der Waals surface area contributed by atoms with Crippen LogP contribution in [0.15, 0.2) is 59.0 Å². The number of amides is 1. The molecule has 0 radical (unpaired) electrons. The molecule has 2 heterocycles. The first kappa shape index (κ1) is 19.1. The van der Waals surface area contributed by atoms with Crippen molar-refractivity contribution in [2.75, 3.05) is 19.7 Å². The van der Waals surface area contributed by atoms with Gasteiger partial charge in [-0.15, -0.1) is 10.2 Å². The van der Waals surface area contributed by atoms with Crippen molar-refractivity contribution in [3.05, 3.63) is 54.6 Å². The van der Waals surface area contributed by atoms with E-state index in [0.717, 1.165) is 11.1 Å². The Labute approximate surface area is 169 Å². The van der Waals surface area contributed by atoms with Crippen LogP contribution < -0.4 is 4.74 Å². The van der Waals surface area contributed by atoms with Gasteiger partial charge < -0.3 is 18.8 Å². The lowest BCUT2D eigenvalue weighted by atomic mass is 10.2. The smallest absolute Gasteiger partial charge is 0.260 e.